The van der Waals surface area contributed by atoms with Crippen molar-refractivity contribution >= 4 is 31.6 Å². The Morgan fingerprint density at radius 1 is 1.06 bits per heavy atom. The first kappa shape index (κ1) is 26.3. The molecule has 9 nitrogen and oxygen atoms in total. The second kappa shape index (κ2) is 11.4. The molecular formula is C23H31N3O6S2. The van der Waals surface area contributed by atoms with E-state index in [4.69, 9.17) is 4.74 Å². The lowest BCUT2D eigenvalue weighted by molar-refractivity contribution is -0.116. The lowest BCUT2D eigenvalue weighted by Gasteiger charge is -2.24. The summed E-state index contributed by atoms with van der Waals surface area (Å²) < 4.78 is 61.1. The zero-order chi connectivity index (χ0) is 24.8. The van der Waals surface area contributed by atoms with Gasteiger partial charge in [-0.2, -0.15) is 4.31 Å². The smallest absolute Gasteiger partial charge is 0.243 e. The van der Waals surface area contributed by atoms with Crippen LogP contribution in [0.2, 0.25) is 0 Å². The topological polar surface area (TPSA) is 122 Å². The molecule has 34 heavy (non-hydrogen) atoms. The molecule has 0 aliphatic carbocycles. The molecule has 1 saturated heterocycles. The van der Waals surface area contributed by atoms with E-state index in [0.717, 1.165) is 10.7 Å². The van der Waals surface area contributed by atoms with Gasteiger partial charge in [0, 0.05) is 24.9 Å². The van der Waals surface area contributed by atoms with E-state index in [2.05, 4.69) is 10.0 Å². The summed E-state index contributed by atoms with van der Waals surface area (Å²) in [4.78, 5) is 12.5. The van der Waals surface area contributed by atoms with Gasteiger partial charge in [-0.05, 0) is 62.6 Å². The summed E-state index contributed by atoms with van der Waals surface area (Å²) in [5, 5.41) is 2.70. The van der Waals surface area contributed by atoms with Gasteiger partial charge in [0.25, 0.3) is 0 Å². The SMILES string of the molecule is CC[C@@H](C)NS(=O)(=O)c1ccc(S(=O)(=O)N(CC(=O)Nc2ccccc2)C[C@@H]2CCCO2)cc1. The predicted molar refractivity (Wildman–Crippen MR) is 129 cm³/mol. The molecular weight excluding hydrogens is 478 g/mol. The van der Waals surface area contributed by atoms with Crippen LogP contribution in [0.1, 0.15) is 33.1 Å². The fraction of sp³-hybridized carbons (Fsp3) is 0.435. The number of rotatable bonds is 11. The predicted octanol–water partition coefficient (Wildman–Crippen LogP) is 2.57. The van der Waals surface area contributed by atoms with Crippen LogP contribution in [-0.4, -0.2) is 58.9 Å². The van der Waals surface area contributed by atoms with E-state index < -0.39 is 32.5 Å². The molecule has 11 heteroatoms. The van der Waals surface area contributed by atoms with Crippen LogP contribution in [0.25, 0.3) is 0 Å². The Kier molecular flexibility index (Phi) is 8.83. The van der Waals surface area contributed by atoms with E-state index >= 15 is 0 Å². The average Bonchev–Trinajstić information content (AvgIpc) is 3.32. The minimum Gasteiger partial charge on any atom is -0.377 e. The Morgan fingerprint density at radius 2 is 1.71 bits per heavy atom. The van der Waals surface area contributed by atoms with E-state index in [9.17, 15) is 21.6 Å². The number of nitrogens with one attached hydrogen (secondary N) is 2. The molecule has 1 amide bonds. The molecule has 0 spiro atoms. The van der Waals surface area contributed by atoms with Crippen molar-refractivity contribution in [2.75, 3.05) is 25.0 Å². The monoisotopic (exact) mass is 509 g/mol. The molecule has 1 heterocycles. The van der Waals surface area contributed by atoms with Crippen molar-refractivity contribution in [1.82, 2.24) is 9.03 Å². The Morgan fingerprint density at radius 3 is 2.29 bits per heavy atom. The first-order valence-electron chi connectivity index (χ1n) is 11.2. The second-order valence-corrected chi connectivity index (χ2v) is 11.9. The first-order valence-corrected chi connectivity index (χ1v) is 14.1. The maximum absolute atomic E-state index is 13.4. The van der Waals surface area contributed by atoms with Crippen molar-refractivity contribution in [3.63, 3.8) is 0 Å². The van der Waals surface area contributed by atoms with Gasteiger partial charge in [-0.25, -0.2) is 21.6 Å². The van der Waals surface area contributed by atoms with Crippen molar-refractivity contribution < 1.29 is 26.4 Å². The lowest BCUT2D eigenvalue weighted by Crippen LogP contribution is -2.42. The number of sulfonamides is 2. The van der Waals surface area contributed by atoms with E-state index in [1.807, 2.05) is 13.0 Å². The van der Waals surface area contributed by atoms with Gasteiger partial charge in [-0.3, -0.25) is 4.79 Å². The van der Waals surface area contributed by atoms with Crippen molar-refractivity contribution in [2.24, 2.45) is 0 Å². The number of benzene rings is 2. The van der Waals surface area contributed by atoms with Gasteiger partial charge in [0.05, 0.1) is 22.4 Å². The normalized spacial score (nSPS) is 17.6. The number of para-hydroxylation sites is 1. The summed E-state index contributed by atoms with van der Waals surface area (Å²) in [7, 11) is -7.86. The molecule has 186 valence electrons. The van der Waals surface area contributed by atoms with Gasteiger partial charge in [0.2, 0.25) is 26.0 Å². The van der Waals surface area contributed by atoms with Crippen LogP contribution in [0, 0.1) is 0 Å². The van der Waals surface area contributed by atoms with Crippen LogP contribution >= 0.6 is 0 Å². The Hall–Kier alpha value is -2.31. The van der Waals surface area contributed by atoms with Gasteiger partial charge in [-0.1, -0.05) is 25.1 Å². The van der Waals surface area contributed by atoms with Crippen LogP contribution in [0.4, 0.5) is 5.69 Å². The van der Waals surface area contributed by atoms with Crippen molar-refractivity contribution in [2.45, 2.75) is 55.0 Å². The van der Waals surface area contributed by atoms with Crippen LogP contribution in [-0.2, 0) is 29.6 Å². The van der Waals surface area contributed by atoms with E-state index in [-0.39, 0.29) is 28.5 Å². The summed E-state index contributed by atoms with van der Waals surface area (Å²) in [6.07, 6.45) is 1.84. The second-order valence-electron chi connectivity index (χ2n) is 8.25. The Balaban J connectivity index is 1.81. The highest BCUT2D eigenvalue weighted by atomic mass is 32.2. The zero-order valence-corrected chi connectivity index (χ0v) is 20.9. The molecule has 0 aromatic heterocycles. The number of hydrogen-bond acceptors (Lipinski definition) is 6. The molecule has 2 aromatic rings. The summed E-state index contributed by atoms with van der Waals surface area (Å²) in [5.41, 5.74) is 0.560. The van der Waals surface area contributed by atoms with Crippen molar-refractivity contribution in [3.05, 3.63) is 54.6 Å². The molecule has 2 N–H and O–H groups in total. The average molecular weight is 510 g/mol. The van der Waals surface area contributed by atoms with Crippen LogP contribution in [0.5, 0.6) is 0 Å². The third-order valence-corrected chi connectivity index (χ3v) is 8.98. The molecule has 2 atom stereocenters. The van der Waals surface area contributed by atoms with Crippen molar-refractivity contribution in [3.8, 4) is 0 Å². The number of hydrogen-bond donors (Lipinski definition) is 2. The fourth-order valence-electron chi connectivity index (χ4n) is 3.50. The van der Waals surface area contributed by atoms with Gasteiger partial charge < -0.3 is 10.1 Å². The van der Waals surface area contributed by atoms with Gasteiger partial charge in [0.1, 0.15) is 0 Å². The minimum absolute atomic E-state index is 0.0279. The lowest BCUT2D eigenvalue weighted by atomic mass is 10.2. The summed E-state index contributed by atoms with van der Waals surface area (Å²) >= 11 is 0. The zero-order valence-electron chi connectivity index (χ0n) is 19.3. The van der Waals surface area contributed by atoms with Crippen LogP contribution in [0.15, 0.2) is 64.4 Å². The standard InChI is InChI=1S/C23H31N3O6S2/c1-3-18(2)25-33(28,29)21-11-13-22(14-12-21)34(30,31)26(16-20-10-7-15-32-20)17-23(27)24-19-8-5-4-6-9-19/h4-6,8-9,11-14,18,20,25H,3,7,10,15-17H2,1-2H3,(H,24,27)/t18-,20+/m1/s1. The van der Waals surface area contributed by atoms with E-state index in [1.54, 1.807) is 31.2 Å². The number of anilines is 1. The highest BCUT2D eigenvalue weighted by molar-refractivity contribution is 7.89. The van der Waals surface area contributed by atoms with Crippen LogP contribution in [0.3, 0.4) is 0 Å². The highest BCUT2D eigenvalue weighted by Gasteiger charge is 2.31. The third-order valence-electron chi connectivity index (χ3n) is 5.55. The summed E-state index contributed by atoms with van der Waals surface area (Å²) in [5.74, 6) is -0.482. The Bertz CT molecular complexity index is 1160. The summed E-state index contributed by atoms with van der Waals surface area (Å²) in [6, 6.07) is 13.5. The molecule has 3 rings (SSSR count). The van der Waals surface area contributed by atoms with E-state index in [0.29, 0.717) is 25.1 Å². The van der Waals surface area contributed by atoms with Gasteiger partial charge in [0.15, 0.2) is 0 Å². The quantitative estimate of drug-likeness (QED) is 0.480. The van der Waals surface area contributed by atoms with Crippen LogP contribution < -0.4 is 10.0 Å². The molecule has 1 fully saturated rings. The fourth-order valence-corrected chi connectivity index (χ4v) is 6.26. The van der Waals surface area contributed by atoms with Gasteiger partial charge in [-0.15, -0.1) is 0 Å². The first-order chi connectivity index (χ1) is 16.1. The third kappa shape index (κ3) is 6.86. The number of nitrogens with zero attached hydrogens (tertiary/aromatic N) is 1. The molecule has 1 aliphatic heterocycles. The molecule has 0 unspecified atom stereocenters. The minimum atomic E-state index is -4.09. The molecule has 1 aliphatic rings. The Labute approximate surface area is 201 Å². The summed E-state index contributed by atoms with van der Waals surface area (Å²) in [6.45, 7) is 3.79. The van der Waals surface area contributed by atoms with E-state index in [1.165, 1.54) is 24.3 Å². The number of carbonyl (C=O) groups is 1. The maximum atomic E-state index is 13.4. The number of carbonyl (C=O) groups excluding carboxylic acids is 1. The highest BCUT2D eigenvalue weighted by Crippen LogP contribution is 2.22. The maximum Gasteiger partial charge on any atom is 0.243 e. The largest absolute Gasteiger partial charge is 0.377 e. The molecule has 0 radical (unpaired) electrons. The molecule has 0 bridgehead atoms. The number of amides is 1. The van der Waals surface area contributed by atoms with Crippen molar-refractivity contribution in [1.29, 1.82) is 0 Å². The molecule has 2 aromatic carbocycles. The number of ether oxygens (including phenoxy) is 1. The molecule has 0 saturated carbocycles. The van der Waals surface area contributed by atoms with Gasteiger partial charge >= 0.3 is 0 Å².